The molecule has 0 aliphatic carbocycles. The predicted molar refractivity (Wildman–Crippen MR) is 144 cm³/mol. The van der Waals surface area contributed by atoms with Crippen molar-refractivity contribution in [1.82, 2.24) is 20.2 Å². The highest BCUT2D eigenvalue weighted by molar-refractivity contribution is 7.99. The maximum atomic E-state index is 12.5. The third-order valence-electron chi connectivity index (χ3n) is 5.05. The second-order valence-corrected chi connectivity index (χ2v) is 9.83. The Morgan fingerprint density at radius 1 is 0.971 bits per heavy atom. The number of nitrogens with zero attached hydrogens (tertiary/aromatic N) is 4. The smallest absolute Gasteiger partial charge is 0.250 e. The first kappa shape index (κ1) is 25.3. The van der Waals surface area contributed by atoms with Crippen LogP contribution in [0.2, 0.25) is 15.1 Å². The van der Waals surface area contributed by atoms with Crippen LogP contribution in [0.4, 0.5) is 0 Å². The van der Waals surface area contributed by atoms with E-state index in [4.69, 9.17) is 34.8 Å². The van der Waals surface area contributed by atoms with Gasteiger partial charge in [-0.1, -0.05) is 82.5 Å². The molecule has 0 saturated carbocycles. The molecule has 0 unspecified atom stereocenters. The lowest BCUT2D eigenvalue weighted by atomic mass is 10.1. The van der Waals surface area contributed by atoms with E-state index in [-0.39, 0.29) is 11.7 Å². The number of benzene rings is 3. The number of carbonyl (C=O) groups is 1. The quantitative estimate of drug-likeness (QED) is 0.157. The van der Waals surface area contributed by atoms with Gasteiger partial charge in [0.25, 0.3) is 5.91 Å². The third-order valence-corrected chi connectivity index (χ3v) is 6.97. The average Bonchev–Trinajstić information content (AvgIpc) is 3.27. The summed E-state index contributed by atoms with van der Waals surface area (Å²) in [6, 6.07) is 20.6. The topological polar surface area (TPSA) is 72.2 Å². The molecule has 4 rings (SSSR count). The summed E-state index contributed by atoms with van der Waals surface area (Å²) >= 11 is 19.4. The lowest BCUT2D eigenvalue weighted by molar-refractivity contribution is -0.118. The van der Waals surface area contributed by atoms with Gasteiger partial charge in [0.2, 0.25) is 0 Å². The molecule has 4 aromatic rings. The lowest BCUT2D eigenvalue weighted by Gasteiger charge is -2.10. The van der Waals surface area contributed by atoms with Crippen molar-refractivity contribution in [2.75, 3.05) is 5.75 Å². The number of halogens is 3. The zero-order valence-corrected chi connectivity index (χ0v) is 21.9. The first-order chi connectivity index (χ1) is 16.8. The van der Waals surface area contributed by atoms with Crippen LogP contribution in [0.25, 0.3) is 17.1 Å². The van der Waals surface area contributed by atoms with E-state index in [1.807, 2.05) is 47.9 Å². The summed E-state index contributed by atoms with van der Waals surface area (Å²) in [5.74, 6) is 0.485. The fourth-order valence-corrected chi connectivity index (χ4v) is 4.34. The van der Waals surface area contributed by atoms with Crippen LogP contribution in [0.3, 0.4) is 0 Å². The van der Waals surface area contributed by atoms with E-state index in [1.165, 1.54) is 11.8 Å². The second kappa shape index (κ2) is 11.3. The molecule has 0 spiro atoms. The highest BCUT2D eigenvalue weighted by Crippen LogP contribution is 2.29. The van der Waals surface area contributed by atoms with Crippen LogP contribution in [-0.4, -0.2) is 32.1 Å². The molecule has 1 aromatic heterocycles. The standard InChI is InChI=1S/C25H20Cl3N5OS/c1-15-3-5-17(6-4-15)24-31-32-25(33(24)20-10-8-19(26)9-11-20)35-14-23(34)30-29-16(2)18-7-12-21(27)22(28)13-18/h3-13H,14H2,1-2H3,(H,30,34)/b29-16+. The van der Waals surface area contributed by atoms with Gasteiger partial charge in [-0.2, -0.15) is 5.10 Å². The molecule has 0 fully saturated rings. The highest BCUT2D eigenvalue weighted by atomic mass is 35.5. The zero-order chi connectivity index (χ0) is 24.9. The van der Waals surface area contributed by atoms with E-state index in [0.29, 0.717) is 31.8 Å². The zero-order valence-electron chi connectivity index (χ0n) is 18.8. The van der Waals surface area contributed by atoms with Crippen LogP contribution >= 0.6 is 46.6 Å². The van der Waals surface area contributed by atoms with Crippen LogP contribution in [0, 0.1) is 6.92 Å². The molecular formula is C25H20Cl3N5OS. The molecule has 0 aliphatic heterocycles. The van der Waals surface area contributed by atoms with Crippen LogP contribution in [0.15, 0.2) is 77.0 Å². The van der Waals surface area contributed by atoms with Crippen LogP contribution in [0.5, 0.6) is 0 Å². The van der Waals surface area contributed by atoms with Crippen molar-refractivity contribution >= 4 is 58.2 Å². The molecule has 10 heteroatoms. The molecule has 0 radical (unpaired) electrons. The Labute approximate surface area is 222 Å². The van der Waals surface area contributed by atoms with E-state index in [9.17, 15) is 4.79 Å². The second-order valence-electron chi connectivity index (χ2n) is 7.63. The summed E-state index contributed by atoms with van der Waals surface area (Å²) in [4.78, 5) is 12.5. The largest absolute Gasteiger partial charge is 0.272 e. The molecule has 1 N–H and O–H groups in total. The number of aromatic nitrogens is 3. The Morgan fingerprint density at radius 2 is 1.69 bits per heavy atom. The van der Waals surface area contributed by atoms with Crippen LogP contribution in [-0.2, 0) is 4.79 Å². The molecular weight excluding hydrogens is 525 g/mol. The number of aryl methyl sites for hydroxylation is 1. The summed E-state index contributed by atoms with van der Waals surface area (Å²) < 4.78 is 1.91. The molecule has 1 heterocycles. The van der Waals surface area contributed by atoms with Crippen molar-refractivity contribution in [3.05, 3.63) is 92.9 Å². The number of hydrogen-bond acceptors (Lipinski definition) is 5. The minimum absolute atomic E-state index is 0.0950. The number of rotatable bonds is 7. The van der Waals surface area contributed by atoms with Gasteiger partial charge in [0.1, 0.15) is 0 Å². The third kappa shape index (κ3) is 6.24. The number of hydrogen-bond donors (Lipinski definition) is 1. The Bertz CT molecular complexity index is 1390. The fraction of sp³-hybridized carbons (Fsp3) is 0.120. The number of nitrogens with one attached hydrogen (secondary N) is 1. The molecule has 0 saturated heterocycles. The first-order valence-electron chi connectivity index (χ1n) is 10.5. The molecule has 3 aromatic carbocycles. The maximum absolute atomic E-state index is 12.5. The Kier molecular flexibility index (Phi) is 8.13. The van der Waals surface area contributed by atoms with Gasteiger partial charge >= 0.3 is 0 Å². The number of amides is 1. The van der Waals surface area contributed by atoms with Gasteiger partial charge < -0.3 is 0 Å². The Hall–Kier alpha value is -2.84. The fourth-order valence-electron chi connectivity index (χ4n) is 3.17. The van der Waals surface area contributed by atoms with Crippen LogP contribution in [0.1, 0.15) is 18.1 Å². The molecule has 0 aliphatic rings. The van der Waals surface area contributed by atoms with Crippen molar-refractivity contribution in [3.63, 3.8) is 0 Å². The van der Waals surface area contributed by atoms with E-state index < -0.39 is 0 Å². The number of hydrazone groups is 1. The minimum atomic E-state index is -0.281. The van der Waals surface area contributed by atoms with Gasteiger partial charge in [0.15, 0.2) is 11.0 Å². The van der Waals surface area contributed by atoms with Crippen molar-refractivity contribution in [2.24, 2.45) is 5.10 Å². The molecule has 178 valence electrons. The minimum Gasteiger partial charge on any atom is -0.272 e. The Balaban J connectivity index is 1.52. The van der Waals surface area contributed by atoms with E-state index in [2.05, 4.69) is 20.7 Å². The number of carbonyl (C=O) groups excluding carboxylic acids is 1. The summed E-state index contributed by atoms with van der Waals surface area (Å²) in [5.41, 5.74) is 6.84. The summed E-state index contributed by atoms with van der Waals surface area (Å²) in [5, 5.41) is 15.0. The van der Waals surface area contributed by atoms with E-state index >= 15 is 0 Å². The Morgan fingerprint density at radius 3 is 2.37 bits per heavy atom. The maximum Gasteiger partial charge on any atom is 0.250 e. The van der Waals surface area contributed by atoms with Gasteiger partial charge in [-0.15, -0.1) is 10.2 Å². The van der Waals surface area contributed by atoms with Crippen molar-refractivity contribution in [2.45, 2.75) is 19.0 Å². The SMILES string of the molecule is C/C(=N\NC(=O)CSc1nnc(-c2ccc(C)cc2)n1-c1ccc(Cl)cc1)c1ccc(Cl)c(Cl)c1. The van der Waals surface area contributed by atoms with Gasteiger partial charge in [-0.05, 0) is 55.8 Å². The normalized spacial score (nSPS) is 11.5. The highest BCUT2D eigenvalue weighted by Gasteiger charge is 2.17. The molecule has 6 nitrogen and oxygen atoms in total. The molecule has 1 amide bonds. The van der Waals surface area contributed by atoms with Gasteiger partial charge in [-0.25, -0.2) is 5.43 Å². The van der Waals surface area contributed by atoms with E-state index in [1.54, 1.807) is 37.3 Å². The lowest BCUT2D eigenvalue weighted by Crippen LogP contribution is -2.21. The van der Waals surface area contributed by atoms with Crippen LogP contribution < -0.4 is 5.43 Å². The van der Waals surface area contributed by atoms with Gasteiger partial charge in [-0.3, -0.25) is 9.36 Å². The monoisotopic (exact) mass is 543 g/mol. The molecule has 0 atom stereocenters. The molecule has 35 heavy (non-hydrogen) atoms. The van der Waals surface area contributed by atoms with Gasteiger partial charge in [0.05, 0.1) is 21.5 Å². The molecule has 0 bridgehead atoms. The summed E-state index contributed by atoms with van der Waals surface area (Å²) in [6.45, 7) is 3.80. The summed E-state index contributed by atoms with van der Waals surface area (Å²) in [7, 11) is 0. The van der Waals surface area contributed by atoms with Crippen molar-refractivity contribution in [3.8, 4) is 17.1 Å². The number of thioether (sulfide) groups is 1. The van der Waals surface area contributed by atoms with Gasteiger partial charge in [0, 0.05) is 16.3 Å². The summed E-state index contributed by atoms with van der Waals surface area (Å²) in [6.07, 6.45) is 0. The van der Waals surface area contributed by atoms with Crippen molar-refractivity contribution < 1.29 is 4.79 Å². The predicted octanol–water partition coefficient (Wildman–Crippen LogP) is 6.84. The van der Waals surface area contributed by atoms with E-state index in [0.717, 1.165) is 22.4 Å². The average molecular weight is 545 g/mol. The van der Waals surface area contributed by atoms with Crippen molar-refractivity contribution in [1.29, 1.82) is 0 Å². The first-order valence-corrected chi connectivity index (χ1v) is 12.6.